The van der Waals surface area contributed by atoms with E-state index in [2.05, 4.69) is 19.2 Å². The zero-order valence-corrected chi connectivity index (χ0v) is 15.6. The van der Waals surface area contributed by atoms with Crippen LogP contribution in [0.15, 0.2) is 0 Å². The van der Waals surface area contributed by atoms with Gasteiger partial charge in [0.25, 0.3) is 0 Å². The molecule has 0 saturated heterocycles. The third-order valence-corrected chi connectivity index (χ3v) is 4.49. The SMILES string of the molecule is CCCCCCCCCC(=O)C(C)NCCCCCCCC. The summed E-state index contributed by atoms with van der Waals surface area (Å²) in [7, 11) is 0. The molecule has 2 nitrogen and oxygen atoms in total. The van der Waals surface area contributed by atoms with Crippen LogP contribution in [0.5, 0.6) is 0 Å². The summed E-state index contributed by atoms with van der Waals surface area (Å²) in [5.41, 5.74) is 0. The van der Waals surface area contributed by atoms with Crippen LogP contribution in [0.1, 0.15) is 111 Å². The van der Waals surface area contributed by atoms with Gasteiger partial charge in [0, 0.05) is 6.42 Å². The van der Waals surface area contributed by atoms with Gasteiger partial charge in [0.05, 0.1) is 6.04 Å². The Morgan fingerprint density at radius 2 is 1.18 bits per heavy atom. The van der Waals surface area contributed by atoms with E-state index in [1.165, 1.54) is 77.0 Å². The third-order valence-electron chi connectivity index (χ3n) is 4.49. The van der Waals surface area contributed by atoms with E-state index in [4.69, 9.17) is 0 Å². The van der Waals surface area contributed by atoms with Crippen molar-refractivity contribution in [1.82, 2.24) is 5.32 Å². The summed E-state index contributed by atoms with van der Waals surface area (Å²) in [6.45, 7) is 7.52. The van der Waals surface area contributed by atoms with E-state index in [1.54, 1.807) is 0 Å². The van der Waals surface area contributed by atoms with E-state index in [0.717, 1.165) is 19.4 Å². The highest BCUT2D eigenvalue weighted by Gasteiger charge is 2.10. The van der Waals surface area contributed by atoms with Gasteiger partial charge in [0.15, 0.2) is 0 Å². The van der Waals surface area contributed by atoms with Crippen LogP contribution >= 0.6 is 0 Å². The first-order valence-electron chi connectivity index (χ1n) is 9.98. The topological polar surface area (TPSA) is 29.1 Å². The van der Waals surface area contributed by atoms with Crippen molar-refractivity contribution < 1.29 is 4.79 Å². The van der Waals surface area contributed by atoms with Crippen LogP contribution in [0, 0.1) is 0 Å². The largest absolute Gasteiger partial charge is 0.308 e. The molecule has 22 heavy (non-hydrogen) atoms. The number of nitrogens with one attached hydrogen (secondary N) is 1. The second-order valence-electron chi connectivity index (χ2n) is 6.78. The summed E-state index contributed by atoms with van der Waals surface area (Å²) >= 11 is 0. The highest BCUT2D eigenvalue weighted by atomic mass is 16.1. The average molecular weight is 312 g/mol. The second-order valence-corrected chi connectivity index (χ2v) is 6.78. The molecule has 0 aliphatic heterocycles. The normalized spacial score (nSPS) is 12.5. The molecule has 0 bridgehead atoms. The Labute approximate surface area is 139 Å². The minimum absolute atomic E-state index is 0.0516. The molecule has 0 spiro atoms. The standard InChI is InChI=1S/C20H41NO/c1-4-6-8-10-12-13-15-17-20(22)19(3)21-18-16-14-11-9-7-5-2/h19,21H,4-18H2,1-3H3. The summed E-state index contributed by atoms with van der Waals surface area (Å²) in [4.78, 5) is 12.0. The lowest BCUT2D eigenvalue weighted by molar-refractivity contribution is -0.120. The number of unbranched alkanes of at least 4 members (excludes halogenated alkanes) is 11. The van der Waals surface area contributed by atoms with Gasteiger partial charge in [-0.1, -0.05) is 84.5 Å². The molecule has 1 N–H and O–H groups in total. The molecule has 0 aliphatic rings. The van der Waals surface area contributed by atoms with Crippen molar-refractivity contribution in [2.75, 3.05) is 6.54 Å². The molecule has 0 heterocycles. The lowest BCUT2D eigenvalue weighted by Crippen LogP contribution is -2.34. The average Bonchev–Trinajstić information content (AvgIpc) is 2.52. The Bertz CT molecular complexity index is 240. The van der Waals surface area contributed by atoms with Gasteiger partial charge in [0.1, 0.15) is 5.78 Å². The smallest absolute Gasteiger partial charge is 0.149 e. The van der Waals surface area contributed by atoms with E-state index >= 15 is 0 Å². The van der Waals surface area contributed by atoms with Gasteiger partial charge in [-0.2, -0.15) is 0 Å². The summed E-state index contributed by atoms with van der Waals surface area (Å²) in [6.07, 6.45) is 17.6. The molecule has 0 rings (SSSR count). The zero-order valence-electron chi connectivity index (χ0n) is 15.6. The summed E-state index contributed by atoms with van der Waals surface area (Å²) in [5, 5.41) is 3.39. The van der Waals surface area contributed by atoms with Crippen LogP contribution in [0.4, 0.5) is 0 Å². The van der Waals surface area contributed by atoms with E-state index in [0.29, 0.717) is 5.78 Å². The molecule has 132 valence electrons. The minimum atomic E-state index is 0.0516. The molecular formula is C20H41NO. The Balaban J connectivity index is 3.36. The van der Waals surface area contributed by atoms with Crippen molar-refractivity contribution in [3.8, 4) is 0 Å². The third kappa shape index (κ3) is 14.6. The number of carbonyl (C=O) groups is 1. The maximum Gasteiger partial charge on any atom is 0.149 e. The maximum absolute atomic E-state index is 12.0. The van der Waals surface area contributed by atoms with Gasteiger partial charge in [0.2, 0.25) is 0 Å². The lowest BCUT2D eigenvalue weighted by atomic mass is 10.0. The molecule has 2 heteroatoms. The zero-order chi connectivity index (χ0) is 16.5. The van der Waals surface area contributed by atoms with E-state index in [1.807, 2.05) is 6.92 Å². The monoisotopic (exact) mass is 311 g/mol. The van der Waals surface area contributed by atoms with Gasteiger partial charge in [-0.25, -0.2) is 0 Å². The molecule has 0 amide bonds. The van der Waals surface area contributed by atoms with Crippen LogP contribution in [-0.4, -0.2) is 18.4 Å². The number of hydrogen-bond donors (Lipinski definition) is 1. The summed E-state index contributed by atoms with van der Waals surface area (Å²) < 4.78 is 0. The summed E-state index contributed by atoms with van der Waals surface area (Å²) in [6, 6.07) is 0.0516. The first-order valence-corrected chi connectivity index (χ1v) is 9.98. The highest BCUT2D eigenvalue weighted by Crippen LogP contribution is 2.09. The first-order chi connectivity index (χ1) is 10.7. The molecule has 0 radical (unpaired) electrons. The van der Waals surface area contributed by atoms with Crippen molar-refractivity contribution in [2.24, 2.45) is 0 Å². The number of carbonyl (C=O) groups excluding carboxylic acids is 1. The predicted octanol–water partition coefficient (Wildman–Crippen LogP) is 6.03. The van der Waals surface area contributed by atoms with Gasteiger partial charge in [-0.05, 0) is 26.3 Å². The molecule has 0 fully saturated rings. The number of Topliss-reactive ketones (excluding diaryl/α,β-unsaturated/α-hetero) is 1. The van der Waals surface area contributed by atoms with Crippen LogP contribution in [-0.2, 0) is 4.79 Å². The van der Waals surface area contributed by atoms with Crippen LogP contribution in [0.25, 0.3) is 0 Å². The molecule has 0 aromatic heterocycles. The van der Waals surface area contributed by atoms with Crippen molar-refractivity contribution in [3.63, 3.8) is 0 Å². The fraction of sp³-hybridized carbons (Fsp3) is 0.950. The maximum atomic E-state index is 12.0. The van der Waals surface area contributed by atoms with E-state index < -0.39 is 0 Å². The minimum Gasteiger partial charge on any atom is -0.308 e. The Morgan fingerprint density at radius 3 is 1.73 bits per heavy atom. The van der Waals surface area contributed by atoms with Gasteiger partial charge in [-0.3, -0.25) is 4.79 Å². The van der Waals surface area contributed by atoms with Crippen LogP contribution in [0.3, 0.4) is 0 Å². The molecule has 0 aromatic rings. The second kappa shape index (κ2) is 17.0. The van der Waals surface area contributed by atoms with Crippen molar-refractivity contribution in [1.29, 1.82) is 0 Å². The first kappa shape index (κ1) is 21.6. The quantitative estimate of drug-likeness (QED) is 0.332. The van der Waals surface area contributed by atoms with Gasteiger partial charge >= 0.3 is 0 Å². The van der Waals surface area contributed by atoms with E-state index in [9.17, 15) is 4.79 Å². The molecule has 1 unspecified atom stereocenters. The van der Waals surface area contributed by atoms with Crippen LogP contribution < -0.4 is 5.32 Å². The number of hydrogen-bond acceptors (Lipinski definition) is 2. The van der Waals surface area contributed by atoms with Crippen molar-refractivity contribution in [3.05, 3.63) is 0 Å². The number of rotatable bonds is 17. The molecular weight excluding hydrogens is 270 g/mol. The fourth-order valence-electron chi connectivity index (χ4n) is 2.81. The van der Waals surface area contributed by atoms with Gasteiger partial charge in [-0.15, -0.1) is 0 Å². The lowest BCUT2D eigenvalue weighted by Gasteiger charge is -2.12. The molecule has 0 saturated carbocycles. The van der Waals surface area contributed by atoms with E-state index in [-0.39, 0.29) is 6.04 Å². The number of ketones is 1. The summed E-state index contributed by atoms with van der Waals surface area (Å²) in [5.74, 6) is 0.402. The fourth-order valence-corrected chi connectivity index (χ4v) is 2.81. The predicted molar refractivity (Wildman–Crippen MR) is 98.5 cm³/mol. The van der Waals surface area contributed by atoms with Crippen molar-refractivity contribution in [2.45, 2.75) is 117 Å². The van der Waals surface area contributed by atoms with Gasteiger partial charge < -0.3 is 5.32 Å². The molecule has 0 aromatic carbocycles. The van der Waals surface area contributed by atoms with Crippen LogP contribution in [0.2, 0.25) is 0 Å². The molecule has 0 aliphatic carbocycles. The Hall–Kier alpha value is -0.370. The highest BCUT2D eigenvalue weighted by molar-refractivity contribution is 5.83. The Kier molecular flexibility index (Phi) is 16.7. The molecule has 1 atom stereocenters. The Morgan fingerprint density at radius 1 is 0.727 bits per heavy atom. The van der Waals surface area contributed by atoms with Crippen molar-refractivity contribution >= 4 is 5.78 Å².